The van der Waals surface area contributed by atoms with Crippen molar-refractivity contribution in [2.24, 2.45) is 5.92 Å². The van der Waals surface area contributed by atoms with Crippen molar-refractivity contribution in [3.8, 4) is 0 Å². The zero-order valence-electron chi connectivity index (χ0n) is 18.0. The number of amides is 1. The first kappa shape index (κ1) is 22.2. The van der Waals surface area contributed by atoms with E-state index < -0.39 is 18.0 Å². The van der Waals surface area contributed by atoms with Crippen molar-refractivity contribution < 1.29 is 27.2 Å². The highest BCUT2D eigenvalue weighted by atomic mass is 19.4. The topological polar surface area (TPSA) is 118 Å². The van der Waals surface area contributed by atoms with Gasteiger partial charge in [-0.05, 0) is 32.6 Å². The van der Waals surface area contributed by atoms with Crippen LogP contribution in [0.5, 0.6) is 0 Å². The molecule has 2 aromatic heterocycles. The molecule has 0 saturated heterocycles. The van der Waals surface area contributed by atoms with Gasteiger partial charge >= 0.3 is 6.18 Å². The van der Waals surface area contributed by atoms with Crippen LogP contribution in [0.2, 0.25) is 0 Å². The van der Waals surface area contributed by atoms with Gasteiger partial charge in [-0.1, -0.05) is 5.16 Å². The first-order valence-corrected chi connectivity index (χ1v) is 10.2. The molecule has 2 atom stereocenters. The number of aromatic nitrogens is 4. The largest absolute Gasteiger partial charge is 0.455 e. The van der Waals surface area contributed by atoms with Gasteiger partial charge in [0.05, 0.1) is 11.8 Å². The van der Waals surface area contributed by atoms with Gasteiger partial charge in [0.15, 0.2) is 5.82 Å². The van der Waals surface area contributed by atoms with Crippen molar-refractivity contribution >= 4 is 23.4 Å². The minimum atomic E-state index is -4.61. The molecule has 10 nitrogen and oxygen atoms in total. The number of rotatable bonds is 6. The molecule has 1 fully saturated rings. The van der Waals surface area contributed by atoms with Gasteiger partial charge in [0, 0.05) is 26.6 Å². The maximum Gasteiger partial charge on any atom is 0.455 e. The van der Waals surface area contributed by atoms with E-state index in [1.807, 2.05) is 6.92 Å². The van der Waals surface area contributed by atoms with Crippen LogP contribution in [0.3, 0.4) is 0 Å². The molecule has 1 aliphatic carbocycles. The summed E-state index contributed by atoms with van der Waals surface area (Å²) in [6, 6.07) is -0.460. The number of aryl methyl sites for hydroxylation is 1. The Morgan fingerprint density at radius 1 is 1.31 bits per heavy atom. The van der Waals surface area contributed by atoms with Gasteiger partial charge in [-0.3, -0.25) is 4.79 Å². The van der Waals surface area contributed by atoms with Gasteiger partial charge in [0.1, 0.15) is 11.7 Å². The van der Waals surface area contributed by atoms with E-state index in [2.05, 4.69) is 30.7 Å². The molecule has 2 N–H and O–H groups in total. The molecular formula is C19H24F3N7O3. The Kier molecular flexibility index (Phi) is 5.69. The number of hydrogen-bond donors (Lipinski definition) is 2. The maximum atomic E-state index is 12.6. The van der Waals surface area contributed by atoms with Crippen LogP contribution in [-0.4, -0.2) is 58.4 Å². The number of nitrogens with zero attached hydrogens (tertiary/aromatic N) is 5. The van der Waals surface area contributed by atoms with Crippen LogP contribution < -0.4 is 15.5 Å². The molecule has 174 valence electrons. The van der Waals surface area contributed by atoms with E-state index >= 15 is 0 Å². The van der Waals surface area contributed by atoms with Gasteiger partial charge in [-0.2, -0.15) is 23.1 Å². The number of likely N-dealkylation sites (N-methyl/N-ethyl adjacent to an activating group) is 1. The van der Waals surface area contributed by atoms with Crippen LogP contribution in [0.4, 0.5) is 30.6 Å². The van der Waals surface area contributed by atoms with Crippen LogP contribution in [0.1, 0.15) is 37.2 Å². The minimum Gasteiger partial charge on any atom is -0.379 e. The van der Waals surface area contributed by atoms with Crippen molar-refractivity contribution in [1.82, 2.24) is 20.1 Å². The predicted molar refractivity (Wildman–Crippen MR) is 107 cm³/mol. The van der Waals surface area contributed by atoms with Gasteiger partial charge in [0.25, 0.3) is 5.82 Å². The number of anilines is 3. The fourth-order valence-electron chi connectivity index (χ4n) is 4.09. The van der Waals surface area contributed by atoms with Crippen molar-refractivity contribution in [3.63, 3.8) is 0 Å². The highest BCUT2D eigenvalue weighted by Gasteiger charge is 2.39. The Hall–Kier alpha value is -2.96. The molecule has 3 heterocycles. The van der Waals surface area contributed by atoms with Crippen LogP contribution in [0, 0.1) is 12.8 Å². The standard InChI is InChI=1S/C19H24F3N7O3/c1-8-13-15(29(3)14(9(2)31-4)16(30)26-13)27-18(23-8)24-11-5-10(6-11)7-12-25-17(28-32-12)19(20,21)22/h9-11,14H,5-7H2,1-4H3,(H,26,30)(H,23,24,27)/t9-,10?,11?,14+/m1/s1. The first-order valence-electron chi connectivity index (χ1n) is 10.2. The Labute approximate surface area is 181 Å². The molecule has 0 radical (unpaired) electrons. The van der Waals surface area contributed by atoms with E-state index in [9.17, 15) is 18.0 Å². The molecule has 13 heteroatoms. The summed E-state index contributed by atoms with van der Waals surface area (Å²) in [6.45, 7) is 3.60. The number of methoxy groups -OCH3 is 1. The second kappa shape index (κ2) is 8.19. The number of hydrogen-bond acceptors (Lipinski definition) is 9. The molecule has 1 saturated carbocycles. The molecule has 0 spiro atoms. The zero-order chi connectivity index (χ0) is 23.2. The number of ether oxygens (including phenoxy) is 1. The van der Waals surface area contributed by atoms with Gasteiger partial charge in [-0.25, -0.2) is 4.98 Å². The van der Waals surface area contributed by atoms with Gasteiger partial charge in [0.2, 0.25) is 17.7 Å². The molecule has 4 rings (SSSR count). The Morgan fingerprint density at radius 3 is 2.66 bits per heavy atom. The van der Waals surface area contributed by atoms with E-state index in [1.54, 1.807) is 26.0 Å². The summed E-state index contributed by atoms with van der Waals surface area (Å²) in [7, 11) is 3.33. The van der Waals surface area contributed by atoms with Crippen molar-refractivity contribution in [2.45, 2.75) is 57.5 Å². The van der Waals surface area contributed by atoms with Crippen molar-refractivity contribution in [3.05, 3.63) is 17.4 Å². The SMILES string of the molecule is CO[C@H](C)[C@H]1C(=O)Nc2c(C)nc(NC3CC(Cc4nc(C(F)(F)F)no4)C3)nc2N1C. The minimum absolute atomic E-state index is 0.0164. The summed E-state index contributed by atoms with van der Waals surface area (Å²) in [5, 5.41) is 9.11. The van der Waals surface area contributed by atoms with E-state index in [0.717, 1.165) is 0 Å². The highest BCUT2D eigenvalue weighted by molar-refractivity contribution is 6.03. The molecule has 0 aromatic carbocycles. The number of nitrogens with one attached hydrogen (secondary N) is 2. The Balaban J connectivity index is 1.39. The summed E-state index contributed by atoms with van der Waals surface area (Å²) in [4.78, 5) is 26.7. The number of alkyl halides is 3. The molecule has 0 unspecified atom stereocenters. The monoisotopic (exact) mass is 455 g/mol. The quantitative estimate of drug-likeness (QED) is 0.677. The lowest BCUT2D eigenvalue weighted by Gasteiger charge is -2.38. The van der Waals surface area contributed by atoms with Gasteiger partial charge < -0.3 is 24.8 Å². The zero-order valence-corrected chi connectivity index (χ0v) is 18.0. The normalized spacial score (nSPS) is 23.9. The van der Waals surface area contributed by atoms with Gasteiger partial charge in [-0.15, -0.1) is 0 Å². The van der Waals surface area contributed by atoms with E-state index in [4.69, 9.17) is 9.26 Å². The smallest absolute Gasteiger partial charge is 0.379 e. The summed E-state index contributed by atoms with van der Waals surface area (Å²) in [5.41, 5.74) is 1.19. The second-order valence-corrected chi connectivity index (χ2v) is 8.21. The van der Waals surface area contributed by atoms with Crippen molar-refractivity contribution in [1.29, 1.82) is 0 Å². The molecule has 0 bridgehead atoms. The Morgan fingerprint density at radius 2 is 2.03 bits per heavy atom. The second-order valence-electron chi connectivity index (χ2n) is 8.21. The van der Waals surface area contributed by atoms with Crippen LogP contribution in [-0.2, 0) is 22.1 Å². The lowest BCUT2D eigenvalue weighted by molar-refractivity contribution is -0.146. The Bertz CT molecular complexity index is 1010. The molecule has 2 aromatic rings. The fourth-order valence-corrected chi connectivity index (χ4v) is 4.09. The lowest BCUT2D eigenvalue weighted by atomic mass is 9.78. The number of fused-ring (bicyclic) bond motifs is 1. The average Bonchev–Trinajstić information content (AvgIpc) is 3.16. The third-order valence-corrected chi connectivity index (χ3v) is 5.91. The molecular weight excluding hydrogens is 431 g/mol. The molecule has 2 aliphatic rings. The number of halogens is 3. The summed E-state index contributed by atoms with van der Waals surface area (Å²) in [6.07, 6.45) is -3.25. The first-order chi connectivity index (χ1) is 15.1. The number of carbonyl (C=O) groups excluding carboxylic acids is 1. The molecule has 32 heavy (non-hydrogen) atoms. The summed E-state index contributed by atoms with van der Waals surface area (Å²) < 4.78 is 47.8. The highest BCUT2D eigenvalue weighted by Crippen LogP contribution is 2.36. The van der Waals surface area contributed by atoms with E-state index in [1.165, 1.54) is 0 Å². The summed E-state index contributed by atoms with van der Waals surface area (Å²) >= 11 is 0. The molecule has 1 amide bonds. The maximum absolute atomic E-state index is 12.6. The van der Waals surface area contributed by atoms with E-state index in [-0.39, 0.29) is 36.3 Å². The van der Waals surface area contributed by atoms with Crippen LogP contribution in [0.25, 0.3) is 0 Å². The fraction of sp³-hybridized carbons (Fsp3) is 0.632. The molecule has 1 aliphatic heterocycles. The predicted octanol–water partition coefficient (Wildman–Crippen LogP) is 2.41. The number of carbonyl (C=O) groups is 1. The summed E-state index contributed by atoms with van der Waals surface area (Å²) in [5.74, 6) is -0.308. The van der Waals surface area contributed by atoms with Crippen molar-refractivity contribution in [2.75, 3.05) is 29.7 Å². The third-order valence-electron chi connectivity index (χ3n) is 5.91. The van der Waals surface area contributed by atoms with Crippen LogP contribution in [0.15, 0.2) is 4.52 Å². The third kappa shape index (κ3) is 4.20. The lowest BCUT2D eigenvalue weighted by Crippen LogP contribution is -2.53. The van der Waals surface area contributed by atoms with E-state index in [0.29, 0.717) is 36.0 Å². The average molecular weight is 455 g/mol. The van der Waals surface area contributed by atoms with Crippen LogP contribution >= 0.6 is 0 Å².